The monoisotopic (exact) mass is 226 g/mol. The number of nitrogens with one attached hydrogen (secondary N) is 1. The van der Waals surface area contributed by atoms with E-state index in [0.717, 1.165) is 12.1 Å². The first kappa shape index (κ1) is 10.2. The second kappa shape index (κ2) is 4.02. The number of aromatic nitrogens is 4. The molecule has 6 heteroatoms. The molecule has 0 bridgehead atoms. The summed E-state index contributed by atoms with van der Waals surface area (Å²) in [5, 5.41) is 6.28. The van der Waals surface area contributed by atoms with Gasteiger partial charge >= 0.3 is 5.69 Å². The number of alkyl halides is 1. The average molecular weight is 227 g/mol. The molecular formula is C9H11ClN4O. The number of aromatic amines is 1. The zero-order chi connectivity index (χ0) is 10.8. The van der Waals surface area contributed by atoms with E-state index in [1.165, 1.54) is 10.7 Å². The van der Waals surface area contributed by atoms with Gasteiger partial charge in [-0.3, -0.25) is 0 Å². The van der Waals surface area contributed by atoms with E-state index in [0.29, 0.717) is 12.1 Å². The van der Waals surface area contributed by atoms with Gasteiger partial charge in [0, 0.05) is 23.6 Å². The van der Waals surface area contributed by atoms with E-state index in [4.69, 9.17) is 11.6 Å². The third-order valence-electron chi connectivity index (χ3n) is 2.24. The van der Waals surface area contributed by atoms with E-state index in [1.54, 1.807) is 6.07 Å². The lowest BCUT2D eigenvalue weighted by atomic mass is 10.2. The number of H-pyrrole nitrogens is 1. The number of fused-ring (bicyclic) bond motifs is 1. The molecule has 0 aliphatic rings. The maximum atomic E-state index is 11.1. The van der Waals surface area contributed by atoms with E-state index in [9.17, 15) is 4.79 Å². The fraction of sp³-hybridized carbons (Fsp3) is 0.444. The lowest BCUT2D eigenvalue weighted by Gasteiger charge is -2.04. The standard InChI is InChI=1S/C9H11ClN4O/c1-2-6(10)3-7-4-8-12-13-9(15)14(8)5-11-7/h4-6H,2-3H2,1H3,(H,13,15). The summed E-state index contributed by atoms with van der Waals surface area (Å²) in [5.41, 5.74) is 1.15. The lowest BCUT2D eigenvalue weighted by molar-refractivity contribution is 0.781. The van der Waals surface area contributed by atoms with Gasteiger partial charge in [-0.25, -0.2) is 19.3 Å². The first-order chi connectivity index (χ1) is 7.20. The lowest BCUT2D eigenvalue weighted by Crippen LogP contribution is -2.11. The molecule has 0 aliphatic heterocycles. The smallest absolute Gasteiger partial charge is 0.246 e. The molecule has 0 fully saturated rings. The maximum Gasteiger partial charge on any atom is 0.348 e. The summed E-state index contributed by atoms with van der Waals surface area (Å²) >= 11 is 6.02. The highest BCUT2D eigenvalue weighted by Crippen LogP contribution is 2.09. The molecule has 0 aliphatic carbocycles. The zero-order valence-corrected chi connectivity index (χ0v) is 9.03. The van der Waals surface area contributed by atoms with E-state index in [2.05, 4.69) is 15.2 Å². The van der Waals surface area contributed by atoms with Crippen LogP contribution in [0.2, 0.25) is 0 Å². The molecule has 2 aromatic heterocycles. The highest BCUT2D eigenvalue weighted by Gasteiger charge is 2.06. The molecule has 0 amide bonds. The fourth-order valence-corrected chi connectivity index (χ4v) is 1.49. The molecule has 0 saturated carbocycles. The number of halogens is 1. The average Bonchev–Trinajstić information content (AvgIpc) is 2.60. The maximum absolute atomic E-state index is 11.1. The summed E-state index contributed by atoms with van der Waals surface area (Å²) in [4.78, 5) is 15.3. The fourth-order valence-electron chi connectivity index (χ4n) is 1.33. The van der Waals surface area contributed by atoms with Crippen molar-refractivity contribution in [2.75, 3.05) is 0 Å². The second-order valence-corrected chi connectivity index (χ2v) is 3.96. The van der Waals surface area contributed by atoms with Gasteiger partial charge < -0.3 is 0 Å². The number of nitrogens with zero attached hydrogens (tertiary/aromatic N) is 3. The van der Waals surface area contributed by atoms with E-state index in [1.807, 2.05) is 6.92 Å². The summed E-state index contributed by atoms with van der Waals surface area (Å²) in [6.45, 7) is 2.02. The highest BCUT2D eigenvalue weighted by molar-refractivity contribution is 6.20. The van der Waals surface area contributed by atoms with Gasteiger partial charge in [0.15, 0.2) is 5.65 Å². The summed E-state index contributed by atoms with van der Waals surface area (Å²) in [5.74, 6) is 0. The molecule has 0 radical (unpaired) electrons. The summed E-state index contributed by atoms with van der Waals surface area (Å²) < 4.78 is 1.36. The Morgan fingerprint density at radius 3 is 3.20 bits per heavy atom. The summed E-state index contributed by atoms with van der Waals surface area (Å²) in [6.07, 6.45) is 3.05. The van der Waals surface area contributed by atoms with Crippen molar-refractivity contribution >= 4 is 17.2 Å². The normalized spacial score (nSPS) is 13.2. The van der Waals surface area contributed by atoms with E-state index >= 15 is 0 Å². The van der Waals surface area contributed by atoms with Crippen LogP contribution in [-0.2, 0) is 6.42 Å². The van der Waals surface area contributed by atoms with E-state index in [-0.39, 0.29) is 11.1 Å². The Morgan fingerprint density at radius 1 is 1.67 bits per heavy atom. The van der Waals surface area contributed by atoms with Crippen LogP contribution in [0.15, 0.2) is 17.2 Å². The minimum atomic E-state index is -0.276. The van der Waals surface area contributed by atoms with Gasteiger partial charge in [-0.15, -0.1) is 11.6 Å². The van der Waals surface area contributed by atoms with Crippen molar-refractivity contribution in [1.82, 2.24) is 19.6 Å². The first-order valence-corrected chi connectivity index (χ1v) is 5.20. The van der Waals surface area contributed by atoms with Crippen molar-refractivity contribution in [2.45, 2.75) is 25.1 Å². The molecule has 1 unspecified atom stereocenters. The van der Waals surface area contributed by atoms with Crippen molar-refractivity contribution < 1.29 is 0 Å². The van der Waals surface area contributed by atoms with Gasteiger partial charge in [0.05, 0.1) is 0 Å². The Hall–Kier alpha value is -1.36. The molecule has 1 atom stereocenters. The van der Waals surface area contributed by atoms with Crippen LogP contribution >= 0.6 is 11.6 Å². The van der Waals surface area contributed by atoms with E-state index < -0.39 is 0 Å². The highest BCUT2D eigenvalue weighted by atomic mass is 35.5. The van der Waals surface area contributed by atoms with Crippen LogP contribution in [0.3, 0.4) is 0 Å². The molecule has 5 nitrogen and oxygen atoms in total. The molecule has 0 saturated heterocycles. The van der Waals surface area contributed by atoms with Crippen LogP contribution in [-0.4, -0.2) is 25.0 Å². The molecule has 2 heterocycles. The molecule has 0 aromatic carbocycles. The van der Waals surface area contributed by atoms with Crippen LogP contribution in [0.5, 0.6) is 0 Å². The minimum Gasteiger partial charge on any atom is -0.246 e. The number of hydrogen-bond donors (Lipinski definition) is 1. The van der Waals surface area contributed by atoms with Gasteiger partial charge in [0.2, 0.25) is 0 Å². The predicted octanol–water partition coefficient (Wildman–Crippen LogP) is 0.977. The Morgan fingerprint density at radius 2 is 2.47 bits per heavy atom. The van der Waals surface area contributed by atoms with Gasteiger partial charge in [0.25, 0.3) is 0 Å². The van der Waals surface area contributed by atoms with Gasteiger partial charge in [-0.2, -0.15) is 5.10 Å². The van der Waals surface area contributed by atoms with Crippen molar-refractivity contribution in [2.24, 2.45) is 0 Å². The summed E-state index contributed by atoms with van der Waals surface area (Å²) in [7, 11) is 0. The second-order valence-electron chi connectivity index (χ2n) is 3.35. The zero-order valence-electron chi connectivity index (χ0n) is 8.27. The molecule has 2 aromatic rings. The van der Waals surface area contributed by atoms with Crippen molar-refractivity contribution in [3.8, 4) is 0 Å². The topological polar surface area (TPSA) is 63.0 Å². The first-order valence-electron chi connectivity index (χ1n) is 4.76. The van der Waals surface area contributed by atoms with Crippen molar-refractivity contribution in [3.05, 3.63) is 28.6 Å². The van der Waals surface area contributed by atoms with Crippen molar-refractivity contribution in [3.63, 3.8) is 0 Å². The van der Waals surface area contributed by atoms with Gasteiger partial charge in [-0.1, -0.05) is 6.92 Å². The third-order valence-corrected chi connectivity index (χ3v) is 2.70. The van der Waals surface area contributed by atoms with Crippen LogP contribution in [0, 0.1) is 0 Å². The third kappa shape index (κ3) is 2.02. The predicted molar refractivity (Wildman–Crippen MR) is 57.2 cm³/mol. The largest absolute Gasteiger partial charge is 0.348 e. The quantitative estimate of drug-likeness (QED) is 0.794. The van der Waals surface area contributed by atoms with Gasteiger partial charge in [0.1, 0.15) is 6.33 Å². The Labute approximate surface area is 91.1 Å². The van der Waals surface area contributed by atoms with Gasteiger partial charge in [-0.05, 0) is 6.42 Å². The number of hydrogen-bond acceptors (Lipinski definition) is 3. The molecule has 2 rings (SSSR count). The minimum absolute atomic E-state index is 0.0746. The Kier molecular flexibility index (Phi) is 2.73. The Balaban J connectivity index is 2.35. The molecule has 1 N–H and O–H groups in total. The molecule has 0 spiro atoms. The van der Waals surface area contributed by atoms with Crippen LogP contribution in [0.25, 0.3) is 5.65 Å². The van der Waals surface area contributed by atoms with Crippen LogP contribution in [0.4, 0.5) is 0 Å². The molecule has 15 heavy (non-hydrogen) atoms. The molecule has 80 valence electrons. The van der Waals surface area contributed by atoms with Crippen LogP contribution < -0.4 is 5.69 Å². The van der Waals surface area contributed by atoms with Crippen LogP contribution in [0.1, 0.15) is 19.0 Å². The Bertz CT molecular complexity index is 518. The molecular weight excluding hydrogens is 216 g/mol. The number of rotatable bonds is 3. The SMILES string of the molecule is CCC(Cl)Cc1cc2n[nH]c(=O)n2cn1. The van der Waals surface area contributed by atoms with Crippen molar-refractivity contribution in [1.29, 1.82) is 0 Å². The summed E-state index contributed by atoms with van der Waals surface area (Å²) in [6, 6.07) is 1.77.